The summed E-state index contributed by atoms with van der Waals surface area (Å²) in [4.78, 5) is 20.0. The molecule has 4 rings (SSSR count). The van der Waals surface area contributed by atoms with Crippen molar-refractivity contribution < 1.29 is 9.53 Å². The molecule has 0 bridgehead atoms. The second-order valence-corrected chi connectivity index (χ2v) is 5.71. The second kappa shape index (κ2) is 5.36. The Labute approximate surface area is 128 Å². The number of carbonyl (C=O) groups is 1. The van der Waals surface area contributed by atoms with Gasteiger partial charge in [-0.05, 0) is 25.0 Å². The Morgan fingerprint density at radius 1 is 1.41 bits per heavy atom. The minimum atomic E-state index is -0.0112. The molecule has 0 radical (unpaired) electrons. The number of aromatic amines is 1. The molecule has 1 atom stereocenters. The molecule has 2 N–H and O–H groups in total. The molecule has 1 aliphatic heterocycles. The zero-order chi connectivity index (χ0) is 14.9. The molecule has 2 aromatic rings. The van der Waals surface area contributed by atoms with Gasteiger partial charge in [0.25, 0.3) is 0 Å². The van der Waals surface area contributed by atoms with Gasteiger partial charge in [-0.25, -0.2) is 4.98 Å². The zero-order valence-electron chi connectivity index (χ0n) is 12.2. The largest absolute Gasteiger partial charge is 0.489 e. The topological polar surface area (TPSA) is 70.2 Å². The van der Waals surface area contributed by atoms with Crippen molar-refractivity contribution in [2.75, 3.05) is 18.2 Å². The van der Waals surface area contributed by atoms with Gasteiger partial charge in [-0.15, -0.1) is 0 Å². The van der Waals surface area contributed by atoms with Gasteiger partial charge in [0.2, 0.25) is 5.91 Å². The van der Waals surface area contributed by atoms with Crippen molar-refractivity contribution >= 4 is 11.6 Å². The van der Waals surface area contributed by atoms with E-state index in [0.29, 0.717) is 13.2 Å². The van der Waals surface area contributed by atoms with Crippen LogP contribution in [0.2, 0.25) is 0 Å². The number of hydrazine groups is 1. The Balaban J connectivity index is 1.47. The predicted molar refractivity (Wildman–Crippen MR) is 81.5 cm³/mol. The fourth-order valence-electron chi connectivity index (χ4n) is 3.13. The third-order valence-corrected chi connectivity index (χ3v) is 4.33. The Kier molecular flexibility index (Phi) is 3.21. The summed E-state index contributed by atoms with van der Waals surface area (Å²) in [7, 11) is 0. The number of nitrogens with one attached hydrogen (secondary N) is 2. The summed E-state index contributed by atoms with van der Waals surface area (Å²) in [6, 6.07) is 7.77. The van der Waals surface area contributed by atoms with Gasteiger partial charge in [0.15, 0.2) is 0 Å². The summed E-state index contributed by atoms with van der Waals surface area (Å²) in [5, 5.41) is 1.89. The zero-order valence-corrected chi connectivity index (χ0v) is 12.2. The number of carbonyl (C=O) groups excluding carboxylic acids is 1. The molecule has 0 saturated carbocycles. The van der Waals surface area contributed by atoms with Crippen molar-refractivity contribution in [2.24, 2.45) is 5.92 Å². The van der Waals surface area contributed by atoms with E-state index < -0.39 is 0 Å². The maximum absolute atomic E-state index is 12.6. The van der Waals surface area contributed by atoms with Crippen LogP contribution in [-0.4, -0.2) is 29.0 Å². The average Bonchev–Trinajstić information content (AvgIpc) is 3.02. The minimum Gasteiger partial charge on any atom is -0.489 e. The highest BCUT2D eigenvalue weighted by molar-refractivity contribution is 5.81. The van der Waals surface area contributed by atoms with Crippen LogP contribution in [0.3, 0.4) is 0 Å². The molecule has 114 valence electrons. The second-order valence-electron chi connectivity index (χ2n) is 5.71. The number of aromatic nitrogens is 2. The maximum Gasteiger partial charge on any atom is 0.242 e. The van der Waals surface area contributed by atoms with Gasteiger partial charge in [0.05, 0.1) is 24.3 Å². The fourth-order valence-corrected chi connectivity index (χ4v) is 3.13. The van der Waals surface area contributed by atoms with Crippen molar-refractivity contribution in [3.63, 3.8) is 0 Å². The molecule has 0 saturated heterocycles. The molecule has 0 fully saturated rings. The summed E-state index contributed by atoms with van der Waals surface area (Å²) in [5.41, 5.74) is 6.15. The first-order valence-corrected chi connectivity index (χ1v) is 7.62. The molecule has 6 heteroatoms. The standard InChI is InChI=1S/C16H18N4O2/c21-16(11-5-6-12-13(9-11)18-10-17-12)19-20-7-8-22-15-4-2-1-3-14(15)20/h1-4,10-11H,5-9H2,(H,17,18)(H,19,21)/t11-/m0/s1. The molecule has 1 amide bonds. The molecular weight excluding hydrogens is 280 g/mol. The van der Waals surface area contributed by atoms with E-state index >= 15 is 0 Å². The number of aryl methyl sites for hydroxylation is 1. The van der Waals surface area contributed by atoms with E-state index in [0.717, 1.165) is 42.1 Å². The fraction of sp³-hybridized carbons (Fsp3) is 0.375. The van der Waals surface area contributed by atoms with Crippen LogP contribution in [0, 0.1) is 5.92 Å². The van der Waals surface area contributed by atoms with Gasteiger partial charge in [-0.1, -0.05) is 12.1 Å². The maximum atomic E-state index is 12.6. The van der Waals surface area contributed by atoms with E-state index in [1.807, 2.05) is 29.3 Å². The highest BCUT2D eigenvalue weighted by atomic mass is 16.5. The van der Waals surface area contributed by atoms with Gasteiger partial charge in [-0.3, -0.25) is 15.2 Å². The van der Waals surface area contributed by atoms with Gasteiger partial charge in [0, 0.05) is 18.0 Å². The van der Waals surface area contributed by atoms with Crippen LogP contribution in [0.1, 0.15) is 17.8 Å². The number of anilines is 1. The average molecular weight is 298 g/mol. The normalized spacial score (nSPS) is 19.8. The van der Waals surface area contributed by atoms with E-state index in [2.05, 4.69) is 15.4 Å². The number of ether oxygens (including phenoxy) is 1. The molecule has 1 aliphatic carbocycles. The SMILES string of the molecule is O=C(NN1CCOc2ccccc21)[C@H]1CCc2nc[nH]c2C1. The van der Waals surface area contributed by atoms with Crippen LogP contribution in [0.4, 0.5) is 5.69 Å². The van der Waals surface area contributed by atoms with Crippen LogP contribution in [0.25, 0.3) is 0 Å². The van der Waals surface area contributed by atoms with Gasteiger partial charge in [0.1, 0.15) is 12.4 Å². The Morgan fingerprint density at radius 3 is 3.27 bits per heavy atom. The Morgan fingerprint density at radius 2 is 2.32 bits per heavy atom. The van der Waals surface area contributed by atoms with Gasteiger partial charge >= 0.3 is 0 Å². The predicted octanol–water partition coefficient (Wildman–Crippen LogP) is 1.44. The van der Waals surface area contributed by atoms with E-state index in [9.17, 15) is 4.79 Å². The van der Waals surface area contributed by atoms with Crippen LogP contribution in [-0.2, 0) is 17.6 Å². The van der Waals surface area contributed by atoms with Gasteiger partial charge < -0.3 is 9.72 Å². The number of rotatable bonds is 2. The van der Waals surface area contributed by atoms with Crippen molar-refractivity contribution in [1.82, 2.24) is 15.4 Å². The molecule has 0 spiro atoms. The Bertz CT molecular complexity index is 697. The highest BCUT2D eigenvalue weighted by Crippen LogP contribution is 2.30. The number of imidazole rings is 1. The molecule has 1 aromatic heterocycles. The molecule has 1 aromatic carbocycles. The monoisotopic (exact) mass is 298 g/mol. The van der Waals surface area contributed by atoms with Crippen molar-refractivity contribution in [3.8, 4) is 5.75 Å². The lowest BCUT2D eigenvalue weighted by atomic mass is 9.89. The molecule has 2 aliphatic rings. The smallest absolute Gasteiger partial charge is 0.242 e. The Hall–Kier alpha value is -2.50. The lowest BCUT2D eigenvalue weighted by Crippen LogP contribution is -2.49. The first-order chi connectivity index (χ1) is 10.8. The minimum absolute atomic E-state index is 0.0112. The molecule has 22 heavy (non-hydrogen) atoms. The number of hydrogen-bond acceptors (Lipinski definition) is 4. The number of para-hydroxylation sites is 2. The summed E-state index contributed by atoms with van der Waals surface area (Å²) in [5.74, 6) is 0.869. The third-order valence-electron chi connectivity index (χ3n) is 4.33. The van der Waals surface area contributed by atoms with Crippen molar-refractivity contribution in [3.05, 3.63) is 42.0 Å². The summed E-state index contributed by atoms with van der Waals surface area (Å²) in [6.45, 7) is 1.23. The van der Waals surface area contributed by atoms with Crippen LogP contribution < -0.4 is 15.2 Å². The van der Waals surface area contributed by atoms with E-state index in [1.165, 1.54) is 0 Å². The third kappa shape index (κ3) is 2.30. The van der Waals surface area contributed by atoms with Crippen LogP contribution >= 0.6 is 0 Å². The van der Waals surface area contributed by atoms with Crippen molar-refractivity contribution in [1.29, 1.82) is 0 Å². The summed E-state index contributed by atoms with van der Waals surface area (Å²) in [6.07, 6.45) is 4.14. The first kappa shape index (κ1) is 13.2. The lowest BCUT2D eigenvalue weighted by Gasteiger charge is -2.32. The molecule has 0 unspecified atom stereocenters. The molecule has 6 nitrogen and oxygen atoms in total. The van der Waals surface area contributed by atoms with Gasteiger partial charge in [-0.2, -0.15) is 0 Å². The molecular formula is C16H18N4O2. The van der Waals surface area contributed by atoms with E-state index in [1.54, 1.807) is 6.33 Å². The molecule has 2 heterocycles. The number of hydrogen-bond donors (Lipinski definition) is 2. The van der Waals surface area contributed by atoms with Crippen molar-refractivity contribution in [2.45, 2.75) is 19.3 Å². The number of nitrogens with zero attached hydrogens (tertiary/aromatic N) is 2. The van der Waals surface area contributed by atoms with E-state index in [4.69, 9.17) is 4.74 Å². The summed E-state index contributed by atoms with van der Waals surface area (Å²) >= 11 is 0. The highest BCUT2D eigenvalue weighted by Gasteiger charge is 2.28. The van der Waals surface area contributed by atoms with Crippen LogP contribution in [0.15, 0.2) is 30.6 Å². The quantitative estimate of drug-likeness (QED) is 0.880. The lowest BCUT2D eigenvalue weighted by molar-refractivity contribution is -0.125. The van der Waals surface area contributed by atoms with E-state index in [-0.39, 0.29) is 11.8 Å². The number of fused-ring (bicyclic) bond motifs is 2. The first-order valence-electron chi connectivity index (χ1n) is 7.62. The summed E-state index contributed by atoms with van der Waals surface area (Å²) < 4.78 is 5.61. The van der Waals surface area contributed by atoms with Crippen LogP contribution in [0.5, 0.6) is 5.75 Å². The number of H-pyrrole nitrogens is 1. The number of benzene rings is 1. The number of amides is 1.